The number of nitrogens with zero attached hydrogens (tertiary/aromatic N) is 3. The molecule has 1 amide bonds. The molecule has 0 spiro atoms. The van der Waals surface area contributed by atoms with Gasteiger partial charge in [-0.2, -0.15) is 0 Å². The van der Waals surface area contributed by atoms with Crippen molar-refractivity contribution >= 4 is 22.6 Å². The van der Waals surface area contributed by atoms with Crippen LogP contribution in [0.25, 0.3) is 10.9 Å². The summed E-state index contributed by atoms with van der Waals surface area (Å²) in [5.74, 6) is 0.0163. The Morgan fingerprint density at radius 3 is 2.29 bits per heavy atom. The third kappa shape index (κ3) is 5.74. The van der Waals surface area contributed by atoms with Crippen LogP contribution in [-0.4, -0.2) is 57.3 Å². The Balaban J connectivity index is 2.28. The summed E-state index contributed by atoms with van der Waals surface area (Å²) in [5, 5.41) is 12.3. The van der Waals surface area contributed by atoms with Crippen LogP contribution in [0.4, 0.5) is 0 Å². The first-order chi connectivity index (χ1) is 16.9. The van der Waals surface area contributed by atoms with Crippen molar-refractivity contribution < 1.29 is 14.7 Å². The summed E-state index contributed by atoms with van der Waals surface area (Å²) in [6.07, 6.45) is 8.35. The molecule has 0 radical (unpaired) electrons. The number of benzene rings is 1. The molecule has 6 heteroatoms. The number of amides is 1. The lowest BCUT2D eigenvalue weighted by molar-refractivity contribution is 0.0773. The molecule has 2 heterocycles. The number of hydrogen-bond acceptors (Lipinski definition) is 4. The van der Waals surface area contributed by atoms with Gasteiger partial charge in [0.15, 0.2) is 5.78 Å². The summed E-state index contributed by atoms with van der Waals surface area (Å²) in [7, 11) is 0. The highest BCUT2D eigenvalue weighted by Gasteiger charge is 2.29. The van der Waals surface area contributed by atoms with Crippen molar-refractivity contribution in [3.05, 3.63) is 28.5 Å². The summed E-state index contributed by atoms with van der Waals surface area (Å²) >= 11 is 0. The van der Waals surface area contributed by atoms with Crippen molar-refractivity contribution in [3.8, 4) is 5.75 Å². The molecule has 1 N–H and O–H groups in total. The first kappa shape index (κ1) is 27.3. The molecule has 0 saturated carbocycles. The number of phenols is 1. The van der Waals surface area contributed by atoms with E-state index in [1.807, 2.05) is 38.7 Å². The van der Waals surface area contributed by atoms with E-state index >= 15 is 0 Å². The second-order valence-electron chi connectivity index (χ2n) is 9.91. The number of ketones is 1. The quantitative estimate of drug-likeness (QED) is 0.284. The largest absolute Gasteiger partial charge is 0.507 e. The van der Waals surface area contributed by atoms with Gasteiger partial charge in [0.25, 0.3) is 5.91 Å². The van der Waals surface area contributed by atoms with Gasteiger partial charge in [-0.3, -0.25) is 14.5 Å². The lowest BCUT2D eigenvalue weighted by Gasteiger charge is -2.27. The van der Waals surface area contributed by atoms with E-state index in [0.29, 0.717) is 37.2 Å². The number of likely N-dealkylation sites (tertiary alicyclic amines) is 1. The summed E-state index contributed by atoms with van der Waals surface area (Å²) in [5.41, 5.74) is 3.68. The van der Waals surface area contributed by atoms with Crippen LogP contribution in [0.1, 0.15) is 111 Å². The van der Waals surface area contributed by atoms with Gasteiger partial charge in [0.2, 0.25) is 0 Å². The predicted molar refractivity (Wildman–Crippen MR) is 143 cm³/mol. The van der Waals surface area contributed by atoms with E-state index in [1.165, 1.54) is 19.3 Å². The molecule has 35 heavy (non-hydrogen) atoms. The molecular weight excluding hydrogens is 438 g/mol. The number of phenolic OH excluding ortho intramolecular Hbond substituents is 1. The molecule has 1 aliphatic heterocycles. The highest BCUT2D eigenvalue weighted by molar-refractivity contribution is 6.12. The standard InChI is InChI=1S/C29H45N3O3/c1-6-10-11-15-18-32-21(5)26(29(35)31(8-3)9-4)27-23(20-30-16-13-12-14-17-30)28(34)22(19-24(27)32)25(33)7-2/h19,34H,6-18,20H2,1-5H3. The van der Waals surface area contributed by atoms with E-state index < -0.39 is 0 Å². The monoisotopic (exact) mass is 483 g/mol. The fourth-order valence-electron chi connectivity index (χ4n) is 5.51. The third-order valence-corrected chi connectivity index (χ3v) is 7.64. The van der Waals surface area contributed by atoms with E-state index in [1.54, 1.807) is 0 Å². The highest BCUT2D eigenvalue weighted by atomic mass is 16.3. The van der Waals surface area contributed by atoms with Gasteiger partial charge in [-0.25, -0.2) is 0 Å². The van der Waals surface area contributed by atoms with Crippen LogP contribution in [0.3, 0.4) is 0 Å². The van der Waals surface area contributed by atoms with E-state index in [-0.39, 0.29) is 17.4 Å². The first-order valence-corrected chi connectivity index (χ1v) is 13.8. The summed E-state index contributed by atoms with van der Waals surface area (Å²) in [6.45, 7) is 14.7. The van der Waals surface area contributed by atoms with Gasteiger partial charge in [-0.1, -0.05) is 39.5 Å². The predicted octanol–water partition coefficient (Wildman–Crippen LogP) is 6.30. The maximum absolute atomic E-state index is 13.8. The van der Waals surface area contributed by atoms with Gasteiger partial charge in [0.1, 0.15) is 5.75 Å². The van der Waals surface area contributed by atoms with E-state index in [2.05, 4.69) is 16.4 Å². The minimum Gasteiger partial charge on any atom is -0.507 e. The number of unbranched alkanes of at least 4 members (excludes halogenated alkanes) is 3. The average Bonchev–Trinajstić information content (AvgIpc) is 3.15. The topological polar surface area (TPSA) is 65.8 Å². The molecule has 2 aromatic rings. The van der Waals surface area contributed by atoms with Crippen molar-refractivity contribution in [2.45, 2.75) is 99.1 Å². The molecule has 6 nitrogen and oxygen atoms in total. The molecule has 1 aromatic heterocycles. The Kier molecular flexibility index (Phi) is 9.79. The van der Waals surface area contributed by atoms with Gasteiger partial charge in [0, 0.05) is 49.2 Å². The second-order valence-corrected chi connectivity index (χ2v) is 9.91. The number of piperidine rings is 1. The minimum atomic E-state index is -0.0581. The van der Waals surface area contributed by atoms with Crippen LogP contribution in [0.5, 0.6) is 5.75 Å². The lowest BCUT2D eigenvalue weighted by Crippen LogP contribution is -2.31. The number of carbonyl (C=O) groups is 2. The van der Waals surface area contributed by atoms with Crippen LogP contribution in [-0.2, 0) is 13.1 Å². The van der Waals surface area contributed by atoms with Crippen LogP contribution >= 0.6 is 0 Å². The van der Waals surface area contributed by atoms with Crippen molar-refractivity contribution in [1.29, 1.82) is 0 Å². The summed E-state index contributed by atoms with van der Waals surface area (Å²) < 4.78 is 2.23. The SMILES string of the molecule is CCCCCCn1c(C)c(C(=O)N(CC)CC)c2c(CN3CCCCC3)c(O)c(C(=O)CC)cc21. The maximum Gasteiger partial charge on any atom is 0.256 e. The summed E-state index contributed by atoms with van der Waals surface area (Å²) in [6, 6.07) is 1.85. The third-order valence-electron chi connectivity index (χ3n) is 7.64. The molecule has 194 valence electrons. The normalized spacial score (nSPS) is 14.5. The fourth-order valence-corrected chi connectivity index (χ4v) is 5.51. The van der Waals surface area contributed by atoms with Gasteiger partial charge < -0.3 is 14.6 Å². The molecule has 1 fully saturated rings. The van der Waals surface area contributed by atoms with Gasteiger partial charge in [-0.15, -0.1) is 0 Å². The number of rotatable bonds is 12. The van der Waals surface area contributed by atoms with Crippen molar-refractivity contribution in [2.75, 3.05) is 26.2 Å². The number of fused-ring (bicyclic) bond motifs is 1. The number of Topliss-reactive ketones (excluding diaryl/α,β-unsaturated/α-hetero) is 1. The summed E-state index contributed by atoms with van der Waals surface area (Å²) in [4.78, 5) is 30.9. The molecular formula is C29H45N3O3. The molecule has 0 unspecified atom stereocenters. The van der Waals surface area contributed by atoms with Crippen molar-refractivity contribution in [2.24, 2.45) is 0 Å². The van der Waals surface area contributed by atoms with Crippen molar-refractivity contribution in [3.63, 3.8) is 0 Å². The van der Waals surface area contributed by atoms with Crippen molar-refractivity contribution in [1.82, 2.24) is 14.4 Å². The number of hydrogen-bond donors (Lipinski definition) is 1. The Morgan fingerprint density at radius 1 is 1.00 bits per heavy atom. The molecule has 0 bridgehead atoms. The van der Waals surface area contributed by atoms with Gasteiger partial charge >= 0.3 is 0 Å². The van der Waals surface area contributed by atoms with Crippen LogP contribution in [0.15, 0.2) is 6.07 Å². The number of aryl methyl sites for hydroxylation is 1. The molecule has 1 saturated heterocycles. The molecule has 3 rings (SSSR count). The highest BCUT2D eigenvalue weighted by Crippen LogP contribution is 2.39. The molecule has 1 aliphatic rings. The van der Waals surface area contributed by atoms with Crippen LogP contribution in [0.2, 0.25) is 0 Å². The zero-order valence-corrected chi connectivity index (χ0v) is 22.6. The zero-order valence-electron chi connectivity index (χ0n) is 22.6. The molecule has 1 aromatic carbocycles. The number of aromatic nitrogens is 1. The molecule has 0 atom stereocenters. The van der Waals surface area contributed by atoms with Crippen LogP contribution in [0, 0.1) is 6.92 Å². The Labute approximate surface area is 211 Å². The first-order valence-electron chi connectivity index (χ1n) is 13.8. The Morgan fingerprint density at radius 2 is 1.69 bits per heavy atom. The maximum atomic E-state index is 13.8. The average molecular weight is 484 g/mol. The van der Waals surface area contributed by atoms with E-state index in [4.69, 9.17) is 0 Å². The van der Waals surface area contributed by atoms with E-state index in [9.17, 15) is 14.7 Å². The Bertz CT molecular complexity index is 1030. The zero-order chi connectivity index (χ0) is 25.5. The Hall–Kier alpha value is -2.34. The van der Waals surface area contributed by atoms with E-state index in [0.717, 1.165) is 67.5 Å². The lowest BCUT2D eigenvalue weighted by atomic mass is 9.96. The van der Waals surface area contributed by atoms with Gasteiger partial charge in [0.05, 0.1) is 16.6 Å². The van der Waals surface area contributed by atoms with Gasteiger partial charge in [-0.05, 0) is 59.2 Å². The number of carbonyl (C=O) groups excluding carboxylic acids is 2. The number of aromatic hydroxyl groups is 1. The smallest absolute Gasteiger partial charge is 0.256 e. The fraction of sp³-hybridized carbons (Fsp3) is 0.655. The van der Waals surface area contributed by atoms with Crippen LogP contribution < -0.4 is 0 Å². The second kappa shape index (κ2) is 12.6. The molecule has 0 aliphatic carbocycles. The minimum absolute atomic E-state index is 0.0127.